The highest BCUT2D eigenvalue weighted by molar-refractivity contribution is 5.77. The van der Waals surface area contributed by atoms with Crippen LogP contribution in [0.15, 0.2) is 0 Å². The summed E-state index contributed by atoms with van der Waals surface area (Å²) in [6.07, 6.45) is -4.36. The average molecular weight is 228 g/mol. The Morgan fingerprint density at radius 3 is 2.20 bits per heavy atom. The summed E-state index contributed by atoms with van der Waals surface area (Å²) in [7, 11) is 2.93. The number of aliphatic hydroxyl groups is 1. The van der Waals surface area contributed by atoms with Gasteiger partial charge in [0.05, 0.1) is 19.7 Å². The van der Waals surface area contributed by atoms with E-state index in [2.05, 4.69) is 0 Å². The highest BCUT2D eigenvalue weighted by Crippen LogP contribution is 2.16. The van der Waals surface area contributed by atoms with Gasteiger partial charge in [0.15, 0.2) is 0 Å². The van der Waals surface area contributed by atoms with Gasteiger partial charge < -0.3 is 10.0 Å². The molecule has 0 aromatic heterocycles. The van der Waals surface area contributed by atoms with Crippen LogP contribution in [0.1, 0.15) is 0 Å². The first-order valence-corrected chi connectivity index (χ1v) is 4.36. The smallest absolute Gasteiger partial charge is 0.395 e. The lowest BCUT2D eigenvalue weighted by atomic mass is 10.4. The molecule has 0 spiro atoms. The lowest BCUT2D eigenvalue weighted by Gasteiger charge is -2.23. The van der Waals surface area contributed by atoms with Crippen molar-refractivity contribution < 1.29 is 23.1 Å². The summed E-state index contributed by atoms with van der Waals surface area (Å²) < 4.78 is 36.1. The van der Waals surface area contributed by atoms with E-state index in [1.54, 1.807) is 0 Å². The second-order valence-corrected chi connectivity index (χ2v) is 3.34. The highest BCUT2D eigenvalue weighted by atomic mass is 19.4. The van der Waals surface area contributed by atoms with Crippen LogP contribution in [0.5, 0.6) is 0 Å². The maximum absolute atomic E-state index is 12.0. The molecule has 0 bridgehead atoms. The van der Waals surface area contributed by atoms with Crippen LogP contribution < -0.4 is 0 Å². The number of carbonyl (C=O) groups is 1. The van der Waals surface area contributed by atoms with Crippen LogP contribution in [-0.2, 0) is 4.79 Å². The molecule has 0 aliphatic carbocycles. The summed E-state index contributed by atoms with van der Waals surface area (Å²) in [6.45, 7) is -2.10. The monoisotopic (exact) mass is 228 g/mol. The zero-order valence-corrected chi connectivity index (χ0v) is 8.71. The van der Waals surface area contributed by atoms with Crippen molar-refractivity contribution in [3.05, 3.63) is 0 Å². The van der Waals surface area contributed by atoms with E-state index in [0.717, 1.165) is 4.90 Å². The minimum atomic E-state index is -4.36. The molecule has 0 saturated heterocycles. The zero-order chi connectivity index (χ0) is 12.1. The minimum Gasteiger partial charge on any atom is -0.395 e. The van der Waals surface area contributed by atoms with Crippen LogP contribution in [-0.4, -0.2) is 67.3 Å². The molecule has 0 aliphatic heterocycles. The van der Waals surface area contributed by atoms with E-state index in [-0.39, 0.29) is 13.1 Å². The van der Waals surface area contributed by atoms with E-state index >= 15 is 0 Å². The first kappa shape index (κ1) is 14.2. The van der Waals surface area contributed by atoms with E-state index in [4.69, 9.17) is 5.11 Å². The summed E-state index contributed by atoms with van der Waals surface area (Å²) in [4.78, 5) is 13.2. The van der Waals surface area contributed by atoms with Gasteiger partial charge in [0.25, 0.3) is 0 Å². The number of hydrogen-bond acceptors (Lipinski definition) is 3. The third-order valence-corrected chi connectivity index (χ3v) is 1.68. The van der Waals surface area contributed by atoms with Gasteiger partial charge in [-0.05, 0) is 0 Å². The second-order valence-electron chi connectivity index (χ2n) is 3.34. The van der Waals surface area contributed by atoms with Crippen molar-refractivity contribution in [2.75, 3.05) is 40.3 Å². The van der Waals surface area contributed by atoms with Crippen LogP contribution in [0.2, 0.25) is 0 Å². The molecular weight excluding hydrogens is 213 g/mol. The molecule has 0 fully saturated rings. The van der Waals surface area contributed by atoms with Crippen LogP contribution >= 0.6 is 0 Å². The number of carbonyl (C=O) groups excluding carboxylic acids is 1. The fourth-order valence-electron chi connectivity index (χ4n) is 0.942. The zero-order valence-electron chi connectivity index (χ0n) is 8.71. The van der Waals surface area contributed by atoms with E-state index in [9.17, 15) is 18.0 Å². The van der Waals surface area contributed by atoms with Gasteiger partial charge in [-0.2, -0.15) is 13.2 Å². The molecule has 0 saturated carbocycles. The van der Waals surface area contributed by atoms with Crippen LogP contribution in [0.25, 0.3) is 0 Å². The van der Waals surface area contributed by atoms with E-state index < -0.39 is 25.2 Å². The molecule has 0 atom stereocenters. The van der Waals surface area contributed by atoms with E-state index in [0.29, 0.717) is 0 Å². The van der Waals surface area contributed by atoms with Gasteiger partial charge in [0, 0.05) is 20.6 Å². The fourth-order valence-corrected chi connectivity index (χ4v) is 0.942. The SMILES string of the molecule is CN(C)C(=O)CN(CCO)CC(F)(F)F. The molecule has 1 N–H and O–H groups in total. The average Bonchev–Trinajstić information content (AvgIpc) is 2.00. The number of aliphatic hydroxyl groups excluding tert-OH is 1. The molecule has 0 radical (unpaired) electrons. The number of amides is 1. The predicted molar refractivity (Wildman–Crippen MR) is 48.3 cm³/mol. The van der Waals surface area contributed by atoms with Crippen molar-refractivity contribution >= 4 is 5.91 Å². The van der Waals surface area contributed by atoms with Crippen molar-refractivity contribution in [1.82, 2.24) is 9.80 Å². The molecule has 90 valence electrons. The molecule has 1 amide bonds. The summed E-state index contributed by atoms with van der Waals surface area (Å²) in [5.41, 5.74) is 0. The van der Waals surface area contributed by atoms with Crippen molar-refractivity contribution in [3.8, 4) is 0 Å². The largest absolute Gasteiger partial charge is 0.401 e. The standard InChI is InChI=1S/C8H15F3N2O2/c1-12(2)7(15)5-13(3-4-14)6-8(9,10)11/h14H,3-6H2,1-2H3. The molecule has 7 heteroatoms. The lowest BCUT2D eigenvalue weighted by molar-refractivity contribution is -0.151. The van der Waals surface area contributed by atoms with E-state index in [1.807, 2.05) is 0 Å². The quantitative estimate of drug-likeness (QED) is 0.716. The van der Waals surface area contributed by atoms with Crippen molar-refractivity contribution in [2.24, 2.45) is 0 Å². The molecule has 0 aromatic carbocycles. The molecule has 0 aromatic rings. The van der Waals surface area contributed by atoms with Gasteiger partial charge in [-0.3, -0.25) is 9.69 Å². The number of halogens is 3. The molecule has 0 heterocycles. The molecule has 0 unspecified atom stereocenters. The summed E-state index contributed by atoms with van der Waals surface area (Å²) in [5.74, 6) is -0.423. The van der Waals surface area contributed by atoms with Crippen LogP contribution in [0.3, 0.4) is 0 Å². The third kappa shape index (κ3) is 7.15. The van der Waals surface area contributed by atoms with Gasteiger partial charge in [0.2, 0.25) is 5.91 Å². The Kier molecular flexibility index (Phi) is 5.59. The Morgan fingerprint density at radius 1 is 1.33 bits per heavy atom. The van der Waals surface area contributed by atoms with Gasteiger partial charge in [-0.1, -0.05) is 0 Å². The normalized spacial score (nSPS) is 11.9. The maximum atomic E-state index is 12.0. The first-order valence-electron chi connectivity index (χ1n) is 4.36. The molecule has 15 heavy (non-hydrogen) atoms. The van der Waals surface area contributed by atoms with E-state index in [1.165, 1.54) is 19.0 Å². The summed E-state index contributed by atoms with van der Waals surface area (Å²) in [6, 6.07) is 0. The number of rotatable bonds is 5. The number of likely N-dealkylation sites (N-methyl/N-ethyl adjacent to an activating group) is 1. The van der Waals surface area contributed by atoms with Gasteiger partial charge in [0.1, 0.15) is 0 Å². The number of alkyl halides is 3. The van der Waals surface area contributed by atoms with Gasteiger partial charge >= 0.3 is 6.18 Å². The van der Waals surface area contributed by atoms with Crippen LogP contribution in [0.4, 0.5) is 13.2 Å². The van der Waals surface area contributed by atoms with Gasteiger partial charge in [-0.25, -0.2) is 0 Å². The van der Waals surface area contributed by atoms with Crippen molar-refractivity contribution in [1.29, 1.82) is 0 Å². The Bertz CT molecular complexity index is 207. The van der Waals surface area contributed by atoms with Crippen LogP contribution in [0, 0.1) is 0 Å². The Morgan fingerprint density at radius 2 is 1.87 bits per heavy atom. The highest BCUT2D eigenvalue weighted by Gasteiger charge is 2.31. The Balaban J connectivity index is 4.22. The Hall–Kier alpha value is -0.820. The first-order chi connectivity index (χ1) is 6.76. The predicted octanol–water partition coefficient (Wildman–Crippen LogP) is -0.0688. The Labute approximate surface area is 86.3 Å². The summed E-state index contributed by atoms with van der Waals surface area (Å²) in [5, 5.41) is 8.55. The van der Waals surface area contributed by atoms with Gasteiger partial charge in [-0.15, -0.1) is 0 Å². The molecular formula is C8H15F3N2O2. The number of nitrogens with zero attached hydrogens (tertiary/aromatic N) is 2. The fraction of sp³-hybridized carbons (Fsp3) is 0.875. The summed E-state index contributed by atoms with van der Waals surface area (Å²) >= 11 is 0. The van der Waals surface area contributed by atoms with Crippen molar-refractivity contribution in [3.63, 3.8) is 0 Å². The topological polar surface area (TPSA) is 43.8 Å². The molecule has 0 aliphatic rings. The second kappa shape index (κ2) is 5.92. The lowest BCUT2D eigenvalue weighted by Crippen LogP contribution is -2.42. The van der Waals surface area contributed by atoms with Crippen molar-refractivity contribution in [2.45, 2.75) is 6.18 Å². The minimum absolute atomic E-state index is 0.168. The number of hydrogen-bond donors (Lipinski definition) is 1. The maximum Gasteiger partial charge on any atom is 0.401 e. The third-order valence-electron chi connectivity index (χ3n) is 1.68. The molecule has 4 nitrogen and oxygen atoms in total. The molecule has 0 rings (SSSR count).